The summed E-state index contributed by atoms with van der Waals surface area (Å²) in [6.45, 7) is 5.00. The molecule has 2 aromatic rings. The number of anilines is 2. The van der Waals surface area contributed by atoms with Gasteiger partial charge in [-0.25, -0.2) is 8.42 Å². The Morgan fingerprint density at radius 1 is 1.04 bits per heavy atom. The average Bonchev–Trinajstić information content (AvgIpc) is 2.63. The Morgan fingerprint density at radius 2 is 1.75 bits per heavy atom. The fraction of sp³-hybridized carbons (Fsp3) is 0.350. The molecule has 0 aliphatic carbocycles. The Bertz CT molecular complexity index is 938. The van der Waals surface area contributed by atoms with Crippen LogP contribution in [0.1, 0.15) is 15.9 Å². The number of amides is 1. The molecule has 0 spiro atoms. The minimum Gasteiger partial charge on any atom is -0.322 e. The SMILES string of the molecule is CN1CCN(Cc2cccc(NC(=O)c3ccccc3NS(C)(=O)=O)c2)CC1. The van der Waals surface area contributed by atoms with E-state index >= 15 is 0 Å². The van der Waals surface area contributed by atoms with E-state index in [2.05, 4.69) is 26.9 Å². The Labute approximate surface area is 166 Å². The van der Waals surface area contributed by atoms with Crippen LogP contribution < -0.4 is 10.0 Å². The van der Waals surface area contributed by atoms with E-state index in [0.717, 1.165) is 44.5 Å². The molecule has 0 bridgehead atoms. The molecule has 2 aromatic carbocycles. The number of para-hydroxylation sites is 1. The van der Waals surface area contributed by atoms with Crippen molar-refractivity contribution in [2.24, 2.45) is 0 Å². The number of benzene rings is 2. The molecule has 0 radical (unpaired) electrons. The van der Waals surface area contributed by atoms with Crippen LogP contribution in [0.4, 0.5) is 11.4 Å². The Hall–Kier alpha value is -2.42. The number of carbonyl (C=O) groups is 1. The number of carbonyl (C=O) groups excluding carboxylic acids is 1. The van der Waals surface area contributed by atoms with Crippen LogP contribution in [0.15, 0.2) is 48.5 Å². The van der Waals surface area contributed by atoms with Gasteiger partial charge in [0.25, 0.3) is 5.91 Å². The van der Waals surface area contributed by atoms with Crippen LogP contribution in [0.25, 0.3) is 0 Å². The van der Waals surface area contributed by atoms with Gasteiger partial charge in [-0.05, 0) is 36.9 Å². The molecule has 8 heteroatoms. The molecule has 1 amide bonds. The van der Waals surface area contributed by atoms with Crippen LogP contribution >= 0.6 is 0 Å². The third-order valence-corrected chi connectivity index (χ3v) is 5.24. The van der Waals surface area contributed by atoms with Gasteiger partial charge in [-0.15, -0.1) is 0 Å². The predicted molar refractivity (Wildman–Crippen MR) is 112 cm³/mol. The maximum Gasteiger partial charge on any atom is 0.257 e. The highest BCUT2D eigenvalue weighted by atomic mass is 32.2. The van der Waals surface area contributed by atoms with E-state index < -0.39 is 10.0 Å². The summed E-state index contributed by atoms with van der Waals surface area (Å²) in [5.74, 6) is -0.358. The molecule has 0 atom stereocenters. The van der Waals surface area contributed by atoms with Crippen molar-refractivity contribution >= 4 is 27.3 Å². The van der Waals surface area contributed by atoms with Crippen LogP contribution in [0.3, 0.4) is 0 Å². The number of likely N-dealkylation sites (N-methyl/N-ethyl adjacent to an activating group) is 1. The topological polar surface area (TPSA) is 81.8 Å². The standard InChI is InChI=1S/C20H26N4O3S/c1-23-10-12-24(13-11-23)15-16-6-5-7-17(14-16)21-20(25)18-8-3-4-9-19(18)22-28(2,26)27/h3-9,14,22H,10-13,15H2,1-2H3,(H,21,25). The first-order chi connectivity index (χ1) is 13.3. The van der Waals surface area contributed by atoms with Crippen molar-refractivity contribution in [1.29, 1.82) is 0 Å². The summed E-state index contributed by atoms with van der Waals surface area (Å²) in [4.78, 5) is 17.4. The molecule has 7 nitrogen and oxygen atoms in total. The second kappa shape index (κ2) is 8.72. The summed E-state index contributed by atoms with van der Waals surface area (Å²) in [7, 11) is -1.34. The monoisotopic (exact) mass is 402 g/mol. The summed E-state index contributed by atoms with van der Waals surface area (Å²) in [5, 5.41) is 2.87. The molecule has 1 aliphatic heterocycles. The smallest absolute Gasteiger partial charge is 0.257 e. The van der Waals surface area contributed by atoms with Crippen LogP contribution in [-0.2, 0) is 16.6 Å². The highest BCUT2D eigenvalue weighted by Gasteiger charge is 2.16. The van der Waals surface area contributed by atoms with E-state index in [1.807, 2.05) is 24.3 Å². The molecule has 0 aromatic heterocycles. The molecule has 0 saturated carbocycles. The maximum atomic E-state index is 12.7. The summed E-state index contributed by atoms with van der Waals surface area (Å²) in [6.07, 6.45) is 1.06. The van der Waals surface area contributed by atoms with Crippen molar-refractivity contribution in [3.63, 3.8) is 0 Å². The molecular weight excluding hydrogens is 376 g/mol. The minimum atomic E-state index is -3.47. The summed E-state index contributed by atoms with van der Waals surface area (Å²) in [5.41, 5.74) is 2.35. The molecule has 150 valence electrons. The Kier molecular flexibility index (Phi) is 6.33. The van der Waals surface area contributed by atoms with Gasteiger partial charge < -0.3 is 10.2 Å². The van der Waals surface area contributed by atoms with Crippen LogP contribution in [0.5, 0.6) is 0 Å². The van der Waals surface area contributed by atoms with Crippen molar-refractivity contribution in [2.75, 3.05) is 49.5 Å². The number of nitrogens with one attached hydrogen (secondary N) is 2. The van der Waals surface area contributed by atoms with Crippen molar-refractivity contribution in [3.05, 3.63) is 59.7 Å². The molecule has 1 saturated heterocycles. The quantitative estimate of drug-likeness (QED) is 0.773. The van der Waals surface area contributed by atoms with E-state index in [1.54, 1.807) is 24.3 Å². The zero-order valence-corrected chi connectivity index (χ0v) is 17.0. The van der Waals surface area contributed by atoms with E-state index in [1.165, 1.54) is 0 Å². The molecule has 2 N–H and O–H groups in total. The highest BCUT2D eigenvalue weighted by molar-refractivity contribution is 7.92. The molecular formula is C20H26N4O3S. The van der Waals surface area contributed by atoms with Gasteiger partial charge in [0.2, 0.25) is 10.0 Å². The molecule has 1 fully saturated rings. The number of hydrogen-bond acceptors (Lipinski definition) is 5. The lowest BCUT2D eigenvalue weighted by molar-refractivity contribution is 0.102. The second-order valence-corrected chi connectivity index (χ2v) is 8.90. The lowest BCUT2D eigenvalue weighted by Gasteiger charge is -2.32. The molecule has 28 heavy (non-hydrogen) atoms. The summed E-state index contributed by atoms with van der Waals surface area (Å²) >= 11 is 0. The third-order valence-electron chi connectivity index (χ3n) is 4.65. The normalized spacial score (nSPS) is 15.9. The molecule has 0 unspecified atom stereocenters. The van der Waals surface area contributed by atoms with Gasteiger partial charge in [-0.2, -0.15) is 0 Å². The van der Waals surface area contributed by atoms with Crippen molar-refractivity contribution in [3.8, 4) is 0 Å². The van der Waals surface area contributed by atoms with E-state index in [9.17, 15) is 13.2 Å². The zero-order valence-electron chi connectivity index (χ0n) is 16.2. The molecule has 1 heterocycles. The number of nitrogens with zero attached hydrogens (tertiary/aromatic N) is 2. The highest BCUT2D eigenvalue weighted by Crippen LogP contribution is 2.19. The molecule has 3 rings (SSSR count). The van der Waals surface area contributed by atoms with E-state index in [-0.39, 0.29) is 17.2 Å². The number of rotatable bonds is 6. The number of piperazine rings is 1. The summed E-state index contributed by atoms with van der Waals surface area (Å²) < 4.78 is 25.5. The maximum absolute atomic E-state index is 12.7. The minimum absolute atomic E-state index is 0.260. The fourth-order valence-corrected chi connectivity index (χ4v) is 3.76. The first-order valence-electron chi connectivity index (χ1n) is 9.18. The lowest BCUT2D eigenvalue weighted by atomic mass is 10.1. The van der Waals surface area contributed by atoms with Gasteiger partial charge in [0.05, 0.1) is 17.5 Å². The van der Waals surface area contributed by atoms with E-state index in [0.29, 0.717) is 5.69 Å². The van der Waals surface area contributed by atoms with Crippen LogP contribution in [0.2, 0.25) is 0 Å². The third kappa shape index (κ3) is 5.79. The van der Waals surface area contributed by atoms with Crippen LogP contribution in [0, 0.1) is 0 Å². The average molecular weight is 403 g/mol. The van der Waals surface area contributed by atoms with Crippen molar-refractivity contribution in [1.82, 2.24) is 9.80 Å². The van der Waals surface area contributed by atoms with Crippen LogP contribution in [-0.4, -0.2) is 63.6 Å². The first kappa shape index (κ1) is 20.3. The van der Waals surface area contributed by atoms with Gasteiger partial charge in [0, 0.05) is 38.4 Å². The Morgan fingerprint density at radius 3 is 2.46 bits per heavy atom. The largest absolute Gasteiger partial charge is 0.322 e. The summed E-state index contributed by atoms with van der Waals surface area (Å²) in [6, 6.07) is 14.3. The van der Waals surface area contributed by atoms with Gasteiger partial charge in [-0.1, -0.05) is 24.3 Å². The van der Waals surface area contributed by atoms with Gasteiger partial charge in [-0.3, -0.25) is 14.4 Å². The lowest BCUT2D eigenvalue weighted by Crippen LogP contribution is -2.43. The van der Waals surface area contributed by atoms with Gasteiger partial charge in [0.15, 0.2) is 0 Å². The molecule has 1 aliphatic rings. The first-order valence-corrected chi connectivity index (χ1v) is 11.1. The van der Waals surface area contributed by atoms with Crippen molar-refractivity contribution < 1.29 is 13.2 Å². The van der Waals surface area contributed by atoms with Gasteiger partial charge in [0.1, 0.15) is 0 Å². The van der Waals surface area contributed by atoms with E-state index in [4.69, 9.17) is 0 Å². The number of sulfonamides is 1. The number of hydrogen-bond donors (Lipinski definition) is 2. The van der Waals surface area contributed by atoms with Gasteiger partial charge >= 0.3 is 0 Å². The predicted octanol–water partition coefficient (Wildman–Crippen LogP) is 2.06. The second-order valence-electron chi connectivity index (χ2n) is 7.15. The van der Waals surface area contributed by atoms with Crippen molar-refractivity contribution in [2.45, 2.75) is 6.54 Å². The zero-order chi connectivity index (χ0) is 20.1. The Balaban J connectivity index is 1.70. The fourth-order valence-electron chi connectivity index (χ4n) is 3.18.